The van der Waals surface area contributed by atoms with Gasteiger partial charge in [0.15, 0.2) is 0 Å². The summed E-state index contributed by atoms with van der Waals surface area (Å²) in [6.07, 6.45) is 1.96. The number of rotatable bonds is 5. The van der Waals surface area contributed by atoms with Crippen molar-refractivity contribution in [3.05, 3.63) is 47.3 Å². The fourth-order valence-electron chi connectivity index (χ4n) is 2.27. The molecule has 2 N–H and O–H groups in total. The lowest BCUT2D eigenvalue weighted by Gasteiger charge is -2.14. The predicted octanol–water partition coefficient (Wildman–Crippen LogP) is 2.82. The highest BCUT2D eigenvalue weighted by Crippen LogP contribution is 2.30. The van der Waals surface area contributed by atoms with Crippen LogP contribution in [0.3, 0.4) is 0 Å². The van der Waals surface area contributed by atoms with E-state index in [1.54, 1.807) is 13.0 Å². The van der Waals surface area contributed by atoms with Crippen molar-refractivity contribution >= 4 is 17.5 Å². The third-order valence-electron chi connectivity index (χ3n) is 3.83. The summed E-state index contributed by atoms with van der Waals surface area (Å²) in [5.41, 5.74) is 2.38. The molecule has 6 heteroatoms. The largest absolute Gasteiger partial charge is 0.351 e. The lowest BCUT2D eigenvalue weighted by atomic mass is 10.1. The number of carbonyl (C=O) groups excluding carboxylic acids is 2. The maximum absolute atomic E-state index is 12.0. The average molecular weight is 313 g/mol. The first-order valence-electron chi connectivity index (χ1n) is 7.68. The number of hydrogen-bond donors (Lipinski definition) is 2. The zero-order chi connectivity index (χ0) is 16.4. The quantitative estimate of drug-likeness (QED) is 0.889. The van der Waals surface area contributed by atoms with Crippen molar-refractivity contribution in [3.63, 3.8) is 0 Å². The molecule has 0 bridgehead atoms. The number of nitrogens with zero attached hydrogens (tertiary/aromatic N) is 1. The van der Waals surface area contributed by atoms with Gasteiger partial charge in [-0.15, -0.1) is 0 Å². The molecule has 1 fully saturated rings. The third kappa shape index (κ3) is 3.77. The zero-order valence-electron chi connectivity index (χ0n) is 13.1. The van der Waals surface area contributed by atoms with Crippen LogP contribution in [0, 0.1) is 12.8 Å². The molecule has 0 aliphatic heterocycles. The number of benzene rings is 1. The molecule has 1 aliphatic carbocycles. The van der Waals surface area contributed by atoms with E-state index in [0.717, 1.165) is 24.1 Å². The van der Waals surface area contributed by atoms with Gasteiger partial charge < -0.3 is 15.2 Å². The molecule has 1 aromatic carbocycles. The second kappa shape index (κ2) is 6.24. The van der Waals surface area contributed by atoms with Crippen LogP contribution in [0.2, 0.25) is 0 Å². The van der Waals surface area contributed by atoms with E-state index in [1.165, 1.54) is 0 Å². The predicted molar refractivity (Wildman–Crippen MR) is 84.9 cm³/mol. The van der Waals surface area contributed by atoms with Crippen LogP contribution in [0.4, 0.5) is 5.69 Å². The fourth-order valence-corrected chi connectivity index (χ4v) is 2.27. The van der Waals surface area contributed by atoms with Gasteiger partial charge in [0.1, 0.15) is 0 Å². The van der Waals surface area contributed by atoms with Crippen molar-refractivity contribution in [2.24, 2.45) is 5.92 Å². The maximum Gasteiger partial charge on any atom is 0.290 e. The summed E-state index contributed by atoms with van der Waals surface area (Å²) in [6.45, 7) is 3.65. The Morgan fingerprint density at radius 1 is 1.26 bits per heavy atom. The Morgan fingerprint density at radius 3 is 2.52 bits per heavy atom. The summed E-state index contributed by atoms with van der Waals surface area (Å²) in [6, 6.07) is 8.88. The number of hydrogen-bond acceptors (Lipinski definition) is 4. The maximum atomic E-state index is 12.0. The van der Waals surface area contributed by atoms with Gasteiger partial charge in [-0.3, -0.25) is 9.59 Å². The molecule has 1 aliphatic rings. The van der Waals surface area contributed by atoms with Gasteiger partial charge in [0.05, 0.1) is 11.7 Å². The number of amides is 2. The zero-order valence-corrected chi connectivity index (χ0v) is 13.1. The van der Waals surface area contributed by atoms with Crippen LogP contribution in [0.25, 0.3) is 0 Å². The van der Waals surface area contributed by atoms with Gasteiger partial charge in [-0.05, 0) is 44.4 Å². The number of aromatic nitrogens is 1. The summed E-state index contributed by atoms with van der Waals surface area (Å²) in [7, 11) is 0. The standard InChI is InChI=1S/C17H19N3O3/c1-10-9-15(23-20-10)17(22)18-11(2)12-5-7-14(8-6-12)19-16(21)13-3-4-13/h5-9,11,13H,3-4H2,1-2H3,(H,18,22)(H,19,21). The summed E-state index contributed by atoms with van der Waals surface area (Å²) in [4.78, 5) is 23.7. The number of carbonyl (C=O) groups is 2. The summed E-state index contributed by atoms with van der Waals surface area (Å²) in [5.74, 6) is 0.157. The molecular formula is C17H19N3O3. The van der Waals surface area contributed by atoms with Gasteiger partial charge in [-0.1, -0.05) is 17.3 Å². The van der Waals surface area contributed by atoms with Gasteiger partial charge in [0.2, 0.25) is 11.7 Å². The van der Waals surface area contributed by atoms with E-state index in [9.17, 15) is 9.59 Å². The van der Waals surface area contributed by atoms with Gasteiger partial charge in [0.25, 0.3) is 5.91 Å². The van der Waals surface area contributed by atoms with E-state index in [2.05, 4.69) is 15.8 Å². The second-order valence-corrected chi connectivity index (χ2v) is 5.91. The summed E-state index contributed by atoms with van der Waals surface area (Å²) in [5, 5.41) is 9.44. The van der Waals surface area contributed by atoms with Gasteiger partial charge in [-0.25, -0.2) is 0 Å². The van der Waals surface area contributed by atoms with Gasteiger partial charge >= 0.3 is 0 Å². The number of anilines is 1. The van der Waals surface area contributed by atoms with Crippen LogP contribution in [-0.2, 0) is 4.79 Å². The normalized spacial score (nSPS) is 15.0. The molecule has 6 nitrogen and oxygen atoms in total. The highest BCUT2D eigenvalue weighted by molar-refractivity contribution is 5.94. The monoisotopic (exact) mass is 313 g/mol. The molecule has 1 atom stereocenters. The molecular weight excluding hydrogens is 294 g/mol. The lowest BCUT2D eigenvalue weighted by molar-refractivity contribution is -0.117. The van der Waals surface area contributed by atoms with E-state index in [0.29, 0.717) is 5.69 Å². The Bertz CT molecular complexity index is 717. The van der Waals surface area contributed by atoms with Crippen LogP contribution in [0.15, 0.2) is 34.9 Å². The minimum Gasteiger partial charge on any atom is -0.351 e. The van der Waals surface area contributed by atoms with Crippen LogP contribution in [0.1, 0.15) is 47.6 Å². The lowest BCUT2D eigenvalue weighted by Crippen LogP contribution is -2.26. The molecule has 2 aromatic rings. The summed E-state index contributed by atoms with van der Waals surface area (Å²) >= 11 is 0. The smallest absolute Gasteiger partial charge is 0.290 e. The van der Waals surface area contributed by atoms with Crippen molar-refractivity contribution in [1.29, 1.82) is 0 Å². The Hall–Kier alpha value is -2.63. The molecule has 1 saturated carbocycles. The molecule has 0 saturated heterocycles. The minimum absolute atomic E-state index is 0.0831. The number of aryl methyl sites for hydroxylation is 1. The van der Waals surface area contributed by atoms with Gasteiger partial charge in [-0.2, -0.15) is 0 Å². The first kappa shape index (κ1) is 15.3. The van der Waals surface area contributed by atoms with Crippen molar-refractivity contribution in [2.75, 3.05) is 5.32 Å². The molecule has 1 heterocycles. The van der Waals surface area contributed by atoms with E-state index >= 15 is 0 Å². The average Bonchev–Trinajstić information content (AvgIpc) is 3.29. The molecule has 2 amide bonds. The van der Waals surface area contributed by atoms with Crippen LogP contribution in [-0.4, -0.2) is 17.0 Å². The van der Waals surface area contributed by atoms with Crippen molar-refractivity contribution in [3.8, 4) is 0 Å². The highest BCUT2D eigenvalue weighted by atomic mass is 16.5. The molecule has 120 valence electrons. The minimum atomic E-state index is -0.302. The molecule has 0 spiro atoms. The fraction of sp³-hybridized carbons (Fsp3) is 0.353. The van der Waals surface area contributed by atoms with E-state index in [1.807, 2.05) is 31.2 Å². The van der Waals surface area contributed by atoms with E-state index in [4.69, 9.17) is 4.52 Å². The van der Waals surface area contributed by atoms with E-state index < -0.39 is 0 Å². The molecule has 1 aromatic heterocycles. The molecule has 3 rings (SSSR count). The first-order chi connectivity index (χ1) is 11.0. The second-order valence-electron chi connectivity index (χ2n) is 5.91. The Morgan fingerprint density at radius 2 is 1.96 bits per heavy atom. The van der Waals surface area contributed by atoms with Crippen LogP contribution in [0.5, 0.6) is 0 Å². The topological polar surface area (TPSA) is 84.2 Å². The van der Waals surface area contributed by atoms with Crippen molar-refractivity contribution in [1.82, 2.24) is 10.5 Å². The van der Waals surface area contributed by atoms with Crippen LogP contribution >= 0.6 is 0 Å². The first-order valence-corrected chi connectivity index (χ1v) is 7.68. The molecule has 0 radical (unpaired) electrons. The van der Waals surface area contributed by atoms with Crippen molar-refractivity contribution < 1.29 is 14.1 Å². The number of nitrogens with one attached hydrogen (secondary N) is 2. The Balaban J connectivity index is 1.59. The Kier molecular flexibility index (Phi) is 4.14. The third-order valence-corrected chi connectivity index (χ3v) is 3.83. The highest BCUT2D eigenvalue weighted by Gasteiger charge is 2.29. The van der Waals surface area contributed by atoms with E-state index in [-0.39, 0.29) is 29.5 Å². The molecule has 23 heavy (non-hydrogen) atoms. The SMILES string of the molecule is Cc1cc(C(=O)NC(C)c2ccc(NC(=O)C3CC3)cc2)on1. The molecule has 1 unspecified atom stereocenters. The van der Waals surface area contributed by atoms with Gasteiger partial charge in [0, 0.05) is 17.7 Å². The van der Waals surface area contributed by atoms with Crippen molar-refractivity contribution in [2.45, 2.75) is 32.7 Å². The van der Waals surface area contributed by atoms with Crippen LogP contribution < -0.4 is 10.6 Å². The summed E-state index contributed by atoms with van der Waals surface area (Å²) < 4.78 is 4.94. The Labute approximate surface area is 134 Å².